The molecule has 1 atom stereocenters. The standard InChI is InChI=1S/C22H19NO5/c1-12-9-13-7-8-16(25)19-18(13)15(10-12)23-21(19)14-5-4-6-17(26-2)20(14)22(23,27-3)28-11-24/h4-10,24H,11H2,1-3H3. The average molecular weight is 377 g/mol. The van der Waals surface area contributed by atoms with Gasteiger partial charge in [-0.15, -0.1) is 0 Å². The maximum Gasteiger partial charge on any atom is 0.290 e. The first-order chi connectivity index (χ1) is 13.6. The molecule has 3 aromatic rings. The van der Waals surface area contributed by atoms with Gasteiger partial charge in [-0.05, 0) is 36.3 Å². The number of carbonyl (C=O) groups excluding carboxylic acids is 1. The fourth-order valence-electron chi connectivity index (χ4n) is 4.59. The Morgan fingerprint density at radius 2 is 2.00 bits per heavy atom. The van der Waals surface area contributed by atoms with E-state index in [2.05, 4.69) is 6.07 Å². The molecule has 1 aliphatic heterocycles. The van der Waals surface area contributed by atoms with Crippen molar-refractivity contribution in [2.24, 2.45) is 0 Å². The van der Waals surface area contributed by atoms with Gasteiger partial charge < -0.3 is 19.3 Å². The fraction of sp³-hybridized carbons (Fsp3) is 0.227. The zero-order valence-electron chi connectivity index (χ0n) is 15.8. The summed E-state index contributed by atoms with van der Waals surface area (Å²) in [7, 11) is 3.09. The molecule has 0 saturated heterocycles. The Morgan fingerprint density at radius 3 is 2.71 bits per heavy atom. The summed E-state index contributed by atoms with van der Waals surface area (Å²) >= 11 is 0. The molecule has 0 amide bonds. The second kappa shape index (κ2) is 5.78. The van der Waals surface area contributed by atoms with Gasteiger partial charge in [-0.25, -0.2) is 0 Å². The van der Waals surface area contributed by atoms with E-state index in [1.165, 1.54) is 7.11 Å². The van der Waals surface area contributed by atoms with Crippen LogP contribution in [0.25, 0.3) is 28.2 Å². The molecule has 6 nitrogen and oxygen atoms in total. The van der Waals surface area contributed by atoms with Crippen molar-refractivity contribution in [2.75, 3.05) is 21.0 Å². The quantitative estimate of drug-likeness (QED) is 0.706. The van der Waals surface area contributed by atoms with Crippen LogP contribution in [0.15, 0.2) is 36.4 Å². The molecule has 5 rings (SSSR count). The van der Waals surface area contributed by atoms with Gasteiger partial charge in [0.2, 0.25) is 0 Å². The molecular formula is C22H19NO5. The second-order valence-corrected chi connectivity index (χ2v) is 6.95. The lowest BCUT2D eigenvalue weighted by molar-refractivity contribution is -0.273. The number of aromatic nitrogens is 1. The van der Waals surface area contributed by atoms with Crippen molar-refractivity contribution in [3.05, 3.63) is 58.7 Å². The number of rotatable bonds is 4. The SMILES string of the molecule is COc1cccc2c1C(OC)(OCO)n1c-2c2c3c(cc(C)cc31)C=CC2=O. The zero-order chi connectivity index (χ0) is 19.6. The molecule has 1 aliphatic carbocycles. The molecule has 2 aromatic carbocycles. The number of hydrogen-bond acceptors (Lipinski definition) is 5. The molecule has 142 valence electrons. The summed E-state index contributed by atoms with van der Waals surface area (Å²) in [5.74, 6) is -0.957. The molecule has 0 radical (unpaired) electrons. The molecule has 2 heterocycles. The Balaban J connectivity index is 2.03. The summed E-state index contributed by atoms with van der Waals surface area (Å²) in [6, 6.07) is 9.65. The number of aryl methyl sites for hydroxylation is 1. The number of ether oxygens (including phenoxy) is 3. The van der Waals surface area contributed by atoms with E-state index in [9.17, 15) is 9.90 Å². The first-order valence-corrected chi connectivity index (χ1v) is 8.97. The van der Waals surface area contributed by atoms with E-state index < -0.39 is 12.7 Å². The summed E-state index contributed by atoms with van der Waals surface area (Å²) in [4.78, 5) is 12.9. The number of aliphatic hydroxyl groups excluding tert-OH is 1. The Bertz CT molecular complexity index is 1190. The second-order valence-electron chi connectivity index (χ2n) is 6.95. The van der Waals surface area contributed by atoms with Crippen LogP contribution < -0.4 is 4.74 Å². The number of ketones is 1. The van der Waals surface area contributed by atoms with Gasteiger partial charge in [0.15, 0.2) is 5.78 Å². The summed E-state index contributed by atoms with van der Waals surface area (Å²) in [5.41, 5.74) is 5.57. The summed E-state index contributed by atoms with van der Waals surface area (Å²) in [5, 5.41) is 10.6. The molecule has 0 spiro atoms. The summed E-state index contributed by atoms with van der Waals surface area (Å²) < 4.78 is 19.2. The van der Waals surface area contributed by atoms with Gasteiger partial charge in [0.25, 0.3) is 5.91 Å². The van der Waals surface area contributed by atoms with Gasteiger partial charge >= 0.3 is 0 Å². The largest absolute Gasteiger partial charge is 0.496 e. The first kappa shape index (κ1) is 17.2. The van der Waals surface area contributed by atoms with Crippen molar-refractivity contribution in [3.8, 4) is 17.0 Å². The van der Waals surface area contributed by atoms with Crippen LogP contribution in [0.5, 0.6) is 5.75 Å². The van der Waals surface area contributed by atoms with Crippen LogP contribution in [0.4, 0.5) is 0 Å². The van der Waals surface area contributed by atoms with Crippen molar-refractivity contribution in [3.63, 3.8) is 0 Å². The van der Waals surface area contributed by atoms with Gasteiger partial charge in [-0.1, -0.05) is 24.3 Å². The Morgan fingerprint density at radius 1 is 1.18 bits per heavy atom. The van der Waals surface area contributed by atoms with E-state index in [1.54, 1.807) is 13.2 Å². The van der Waals surface area contributed by atoms with E-state index in [-0.39, 0.29) is 5.78 Å². The highest BCUT2D eigenvalue weighted by Gasteiger charge is 2.51. The molecule has 6 heteroatoms. The predicted molar refractivity (Wildman–Crippen MR) is 104 cm³/mol. The Kier molecular flexibility index (Phi) is 3.55. The number of fused-ring (bicyclic) bond motifs is 5. The van der Waals surface area contributed by atoms with Gasteiger partial charge in [-0.2, -0.15) is 0 Å². The molecular weight excluding hydrogens is 358 g/mol. The van der Waals surface area contributed by atoms with Crippen molar-refractivity contribution in [1.82, 2.24) is 4.57 Å². The topological polar surface area (TPSA) is 69.9 Å². The predicted octanol–water partition coefficient (Wildman–Crippen LogP) is 3.42. The van der Waals surface area contributed by atoms with Gasteiger partial charge in [0.05, 0.1) is 29.4 Å². The maximum absolute atomic E-state index is 12.9. The number of hydrogen-bond donors (Lipinski definition) is 1. The molecule has 2 aliphatic rings. The monoisotopic (exact) mass is 377 g/mol. The third-order valence-corrected chi connectivity index (χ3v) is 5.55. The van der Waals surface area contributed by atoms with Gasteiger partial charge in [-0.3, -0.25) is 9.36 Å². The molecule has 0 bridgehead atoms. The highest BCUT2D eigenvalue weighted by Crippen LogP contribution is 2.54. The van der Waals surface area contributed by atoms with Gasteiger partial charge in [0.1, 0.15) is 12.5 Å². The Hall–Kier alpha value is -2.93. The third kappa shape index (κ3) is 1.89. The third-order valence-electron chi connectivity index (χ3n) is 5.55. The normalized spacial score (nSPS) is 19.2. The number of carbonyl (C=O) groups is 1. The van der Waals surface area contributed by atoms with Crippen LogP contribution in [0.1, 0.15) is 27.0 Å². The van der Waals surface area contributed by atoms with Crippen LogP contribution in [0.3, 0.4) is 0 Å². The molecule has 0 saturated carbocycles. The molecule has 1 N–H and O–H groups in total. The van der Waals surface area contributed by atoms with Crippen molar-refractivity contribution >= 4 is 22.8 Å². The zero-order valence-corrected chi connectivity index (χ0v) is 15.8. The van der Waals surface area contributed by atoms with Crippen LogP contribution >= 0.6 is 0 Å². The lowest BCUT2D eigenvalue weighted by Crippen LogP contribution is -2.38. The highest BCUT2D eigenvalue weighted by molar-refractivity contribution is 6.24. The fourth-order valence-corrected chi connectivity index (χ4v) is 4.59. The number of allylic oxidation sites excluding steroid dienone is 1. The van der Waals surface area contributed by atoms with Crippen LogP contribution in [-0.2, 0) is 15.4 Å². The molecule has 28 heavy (non-hydrogen) atoms. The lowest BCUT2D eigenvalue weighted by Gasteiger charge is -2.31. The number of aliphatic hydroxyl groups is 1. The molecule has 0 fully saturated rings. The van der Waals surface area contributed by atoms with E-state index in [4.69, 9.17) is 14.2 Å². The number of benzene rings is 2. The minimum Gasteiger partial charge on any atom is -0.496 e. The van der Waals surface area contributed by atoms with Gasteiger partial charge in [0, 0.05) is 18.1 Å². The van der Waals surface area contributed by atoms with Crippen LogP contribution in [0.2, 0.25) is 0 Å². The number of methoxy groups -OCH3 is 2. The average Bonchev–Trinajstić information content (AvgIpc) is 3.18. The van der Waals surface area contributed by atoms with Crippen molar-refractivity contribution in [1.29, 1.82) is 0 Å². The van der Waals surface area contributed by atoms with Crippen LogP contribution in [0, 0.1) is 6.92 Å². The van der Waals surface area contributed by atoms with Crippen molar-refractivity contribution in [2.45, 2.75) is 12.8 Å². The smallest absolute Gasteiger partial charge is 0.290 e. The lowest BCUT2D eigenvalue weighted by atomic mass is 9.92. The minimum atomic E-state index is -1.45. The van der Waals surface area contributed by atoms with E-state index >= 15 is 0 Å². The van der Waals surface area contributed by atoms with E-state index in [1.807, 2.05) is 41.8 Å². The van der Waals surface area contributed by atoms with E-state index in [0.29, 0.717) is 22.6 Å². The molecule has 1 aromatic heterocycles. The minimum absolute atomic E-state index is 0.0697. The number of nitrogens with zero attached hydrogens (tertiary/aromatic N) is 1. The van der Waals surface area contributed by atoms with Crippen molar-refractivity contribution < 1.29 is 24.1 Å². The molecule has 1 unspecified atom stereocenters. The maximum atomic E-state index is 12.9. The summed E-state index contributed by atoms with van der Waals surface area (Å²) in [6.45, 7) is 1.44. The van der Waals surface area contributed by atoms with Crippen LogP contribution in [-0.4, -0.2) is 36.5 Å². The summed E-state index contributed by atoms with van der Waals surface area (Å²) in [6.07, 6.45) is 3.44. The first-order valence-electron chi connectivity index (χ1n) is 8.97. The highest BCUT2D eigenvalue weighted by atomic mass is 16.7. The van der Waals surface area contributed by atoms with E-state index in [0.717, 1.165) is 27.6 Å². The Labute approximate surface area is 161 Å².